The average Bonchev–Trinajstić information content (AvgIpc) is 3.44. The third-order valence-electron chi connectivity index (χ3n) is 4.35. The van der Waals surface area contributed by atoms with Crippen molar-refractivity contribution in [3.8, 4) is 28.4 Å². The Morgan fingerprint density at radius 1 is 1.14 bits per heavy atom. The molecule has 146 valence electrons. The Morgan fingerprint density at radius 2 is 1.97 bits per heavy atom. The first kappa shape index (κ1) is 18.7. The number of aromatic amines is 1. The summed E-state index contributed by atoms with van der Waals surface area (Å²) in [7, 11) is 3.46. The predicted molar refractivity (Wildman–Crippen MR) is 116 cm³/mol. The van der Waals surface area contributed by atoms with Crippen molar-refractivity contribution in [2.75, 3.05) is 24.8 Å². The first-order chi connectivity index (χ1) is 14.2. The first-order valence-electron chi connectivity index (χ1n) is 8.91. The number of anilines is 2. The highest BCUT2D eigenvalue weighted by molar-refractivity contribution is 7.13. The Bertz CT molecular complexity index is 1140. The molecule has 2 aromatic carbocycles. The van der Waals surface area contributed by atoms with Gasteiger partial charge in [0, 0.05) is 35.4 Å². The monoisotopic (exact) mass is 405 g/mol. The number of methoxy groups -OCH3 is 1. The van der Waals surface area contributed by atoms with E-state index in [0.29, 0.717) is 28.1 Å². The van der Waals surface area contributed by atoms with Gasteiger partial charge in [-0.3, -0.25) is 10.1 Å². The second kappa shape index (κ2) is 8.15. The van der Waals surface area contributed by atoms with E-state index in [1.54, 1.807) is 18.7 Å². The van der Waals surface area contributed by atoms with Crippen LogP contribution in [0.2, 0.25) is 0 Å². The van der Waals surface area contributed by atoms with Gasteiger partial charge < -0.3 is 15.0 Å². The van der Waals surface area contributed by atoms with Gasteiger partial charge in [-0.25, -0.2) is 9.97 Å². The lowest BCUT2D eigenvalue weighted by Gasteiger charge is -2.05. The number of carbonyl (C=O) groups is 1. The van der Waals surface area contributed by atoms with Crippen LogP contribution in [0.5, 0.6) is 5.75 Å². The van der Waals surface area contributed by atoms with Gasteiger partial charge in [-0.15, -0.1) is 11.3 Å². The Balaban J connectivity index is 1.80. The van der Waals surface area contributed by atoms with E-state index in [0.717, 1.165) is 16.8 Å². The minimum atomic E-state index is -0.329. The van der Waals surface area contributed by atoms with Gasteiger partial charge in [0.05, 0.1) is 12.8 Å². The second-order valence-corrected chi connectivity index (χ2v) is 7.06. The van der Waals surface area contributed by atoms with Crippen molar-refractivity contribution in [2.24, 2.45) is 0 Å². The summed E-state index contributed by atoms with van der Waals surface area (Å²) in [5, 5.41) is 8.25. The molecule has 3 N–H and O–H groups in total. The van der Waals surface area contributed by atoms with E-state index in [1.165, 1.54) is 11.3 Å². The highest BCUT2D eigenvalue weighted by Crippen LogP contribution is 2.30. The van der Waals surface area contributed by atoms with Gasteiger partial charge in [0.25, 0.3) is 5.91 Å². The summed E-state index contributed by atoms with van der Waals surface area (Å²) in [6, 6.07) is 15.3. The molecule has 0 aliphatic heterocycles. The van der Waals surface area contributed by atoms with Crippen LogP contribution in [0.1, 0.15) is 10.5 Å². The number of hydrogen-bond donors (Lipinski definition) is 3. The third-order valence-corrected chi connectivity index (χ3v) is 5.04. The summed E-state index contributed by atoms with van der Waals surface area (Å²) in [6.45, 7) is 0. The van der Waals surface area contributed by atoms with Gasteiger partial charge in [-0.1, -0.05) is 24.3 Å². The third kappa shape index (κ3) is 3.97. The summed E-state index contributed by atoms with van der Waals surface area (Å²) in [5.41, 5.74) is 3.53. The van der Waals surface area contributed by atoms with E-state index < -0.39 is 0 Å². The van der Waals surface area contributed by atoms with Crippen LogP contribution in [0.4, 0.5) is 10.8 Å². The first-order valence-corrected chi connectivity index (χ1v) is 9.79. The van der Waals surface area contributed by atoms with E-state index in [4.69, 9.17) is 4.74 Å². The maximum atomic E-state index is 13.0. The largest absolute Gasteiger partial charge is 0.497 e. The second-order valence-electron chi connectivity index (χ2n) is 6.16. The normalized spacial score (nSPS) is 10.6. The molecule has 0 radical (unpaired) electrons. The number of thiazole rings is 1. The minimum absolute atomic E-state index is 0.290. The molecule has 8 heteroatoms. The lowest BCUT2D eigenvalue weighted by molar-refractivity contribution is 0.102. The van der Waals surface area contributed by atoms with Gasteiger partial charge >= 0.3 is 0 Å². The zero-order valence-electron chi connectivity index (χ0n) is 15.9. The molecule has 0 atom stereocenters. The number of imidazole rings is 1. The minimum Gasteiger partial charge on any atom is -0.497 e. The Morgan fingerprint density at radius 3 is 2.72 bits per heavy atom. The summed E-state index contributed by atoms with van der Waals surface area (Å²) in [4.78, 5) is 25.0. The van der Waals surface area contributed by atoms with Crippen molar-refractivity contribution < 1.29 is 9.53 Å². The van der Waals surface area contributed by atoms with Crippen LogP contribution in [0, 0.1) is 0 Å². The van der Waals surface area contributed by atoms with Crippen LogP contribution < -0.4 is 15.4 Å². The summed E-state index contributed by atoms with van der Waals surface area (Å²) >= 11 is 1.35. The number of H-pyrrole nitrogens is 1. The van der Waals surface area contributed by atoms with Crippen LogP contribution in [-0.2, 0) is 0 Å². The molecule has 0 fully saturated rings. The maximum Gasteiger partial charge on any atom is 0.278 e. The van der Waals surface area contributed by atoms with Crippen LogP contribution in [0.3, 0.4) is 0 Å². The molecule has 0 saturated heterocycles. The molecule has 29 heavy (non-hydrogen) atoms. The number of nitrogens with one attached hydrogen (secondary N) is 3. The van der Waals surface area contributed by atoms with Crippen molar-refractivity contribution in [3.63, 3.8) is 0 Å². The fourth-order valence-electron chi connectivity index (χ4n) is 2.93. The standard InChI is InChI=1S/C21H19N5O2S/c1-22-15-7-3-6-14(11-15)19-24-17(13-5-4-8-16(12-13)28-2)18(25-19)20(27)26-21-23-9-10-29-21/h3-12,22H,1-2H3,(H,24,25)(H,23,26,27). The van der Waals surface area contributed by atoms with E-state index in [1.807, 2.05) is 55.6 Å². The SMILES string of the molecule is CNc1cccc(-c2nc(C(=O)Nc3nccs3)c(-c3cccc(OC)c3)[nH]2)c1. The van der Waals surface area contributed by atoms with Gasteiger partial charge in [-0.2, -0.15) is 0 Å². The average molecular weight is 405 g/mol. The van der Waals surface area contributed by atoms with Crippen LogP contribution in [0.15, 0.2) is 60.1 Å². The quantitative estimate of drug-likeness (QED) is 0.439. The van der Waals surface area contributed by atoms with Crippen LogP contribution in [0.25, 0.3) is 22.6 Å². The van der Waals surface area contributed by atoms with Crippen molar-refractivity contribution in [3.05, 3.63) is 65.8 Å². The number of amides is 1. The van der Waals surface area contributed by atoms with Gasteiger partial charge in [0.2, 0.25) is 0 Å². The Labute approximate surface area is 171 Å². The maximum absolute atomic E-state index is 13.0. The fourth-order valence-corrected chi connectivity index (χ4v) is 3.45. The number of hydrogen-bond acceptors (Lipinski definition) is 6. The van der Waals surface area contributed by atoms with Crippen LogP contribution in [-0.4, -0.2) is 35.0 Å². The summed E-state index contributed by atoms with van der Waals surface area (Å²) in [6.07, 6.45) is 1.64. The molecule has 7 nitrogen and oxygen atoms in total. The Kier molecular flexibility index (Phi) is 5.26. The molecule has 2 heterocycles. The van der Waals surface area contributed by atoms with Crippen molar-refractivity contribution in [1.29, 1.82) is 0 Å². The molecule has 2 aromatic heterocycles. The Hall–Kier alpha value is -3.65. The summed E-state index contributed by atoms with van der Waals surface area (Å²) < 4.78 is 5.33. The lowest BCUT2D eigenvalue weighted by atomic mass is 10.1. The molecule has 0 spiro atoms. The van der Waals surface area contributed by atoms with Crippen molar-refractivity contribution in [1.82, 2.24) is 15.0 Å². The molecular weight excluding hydrogens is 386 g/mol. The molecule has 1 amide bonds. The van der Waals surface area contributed by atoms with E-state index in [2.05, 4.69) is 25.6 Å². The number of ether oxygens (including phenoxy) is 1. The number of carbonyl (C=O) groups excluding carboxylic acids is 1. The number of benzene rings is 2. The zero-order valence-corrected chi connectivity index (χ0v) is 16.7. The molecule has 0 bridgehead atoms. The van der Waals surface area contributed by atoms with E-state index >= 15 is 0 Å². The van der Waals surface area contributed by atoms with Crippen LogP contribution >= 0.6 is 11.3 Å². The number of aromatic nitrogens is 3. The lowest BCUT2D eigenvalue weighted by Crippen LogP contribution is -2.13. The smallest absolute Gasteiger partial charge is 0.278 e. The molecular formula is C21H19N5O2S. The van der Waals surface area contributed by atoms with Gasteiger partial charge in [0.15, 0.2) is 10.8 Å². The van der Waals surface area contributed by atoms with Gasteiger partial charge in [-0.05, 0) is 24.3 Å². The number of nitrogens with zero attached hydrogens (tertiary/aromatic N) is 2. The molecule has 4 rings (SSSR count). The fraction of sp³-hybridized carbons (Fsp3) is 0.0952. The number of rotatable bonds is 6. The highest BCUT2D eigenvalue weighted by Gasteiger charge is 2.21. The molecule has 0 aliphatic carbocycles. The van der Waals surface area contributed by atoms with E-state index in [9.17, 15) is 4.79 Å². The molecule has 0 aliphatic rings. The van der Waals surface area contributed by atoms with E-state index in [-0.39, 0.29) is 5.91 Å². The summed E-state index contributed by atoms with van der Waals surface area (Å²) in [5.74, 6) is 0.969. The highest BCUT2D eigenvalue weighted by atomic mass is 32.1. The van der Waals surface area contributed by atoms with Crippen molar-refractivity contribution in [2.45, 2.75) is 0 Å². The molecule has 4 aromatic rings. The molecule has 0 saturated carbocycles. The van der Waals surface area contributed by atoms with Gasteiger partial charge in [0.1, 0.15) is 11.6 Å². The zero-order chi connectivity index (χ0) is 20.2. The van der Waals surface area contributed by atoms with Crippen molar-refractivity contribution >= 4 is 28.1 Å². The predicted octanol–water partition coefficient (Wildman–Crippen LogP) is 4.50. The topological polar surface area (TPSA) is 91.9 Å². The molecule has 0 unspecified atom stereocenters.